The van der Waals surface area contributed by atoms with Crippen LogP contribution in [-0.2, 0) is 10.0 Å². The number of anilines is 1. The number of hydrogen-bond acceptors (Lipinski definition) is 6. The predicted molar refractivity (Wildman–Crippen MR) is 94.4 cm³/mol. The summed E-state index contributed by atoms with van der Waals surface area (Å²) in [6.45, 7) is 1.98. The van der Waals surface area contributed by atoms with E-state index >= 15 is 0 Å². The third kappa shape index (κ3) is 3.76. The summed E-state index contributed by atoms with van der Waals surface area (Å²) in [6, 6.07) is 9.03. The second-order valence-electron chi connectivity index (χ2n) is 5.19. The number of nitrogens with zero attached hydrogens (tertiary/aromatic N) is 4. The maximum atomic E-state index is 12.5. The van der Waals surface area contributed by atoms with Crippen molar-refractivity contribution in [2.45, 2.75) is 11.8 Å². The van der Waals surface area contributed by atoms with E-state index in [1.807, 2.05) is 0 Å². The molecule has 0 saturated heterocycles. The van der Waals surface area contributed by atoms with Crippen molar-refractivity contribution in [1.82, 2.24) is 24.5 Å². The fourth-order valence-corrected chi connectivity index (χ4v) is 3.29. The molecule has 3 aromatic rings. The minimum Gasteiger partial charge on any atom is -0.319 e. The smallest absolute Gasteiger partial charge is 0.255 e. The molecule has 0 unspecified atom stereocenters. The number of benzene rings is 1. The van der Waals surface area contributed by atoms with Crippen LogP contribution in [0.15, 0.2) is 60.1 Å². The molecule has 0 aliphatic rings. The van der Waals surface area contributed by atoms with E-state index in [0.717, 1.165) is 0 Å². The Morgan fingerprint density at radius 2 is 1.96 bits per heavy atom. The van der Waals surface area contributed by atoms with Crippen LogP contribution in [0.4, 0.5) is 5.69 Å². The summed E-state index contributed by atoms with van der Waals surface area (Å²) < 4.78 is 27.7. The molecule has 0 spiro atoms. The normalized spacial score (nSPS) is 11.3. The highest BCUT2D eigenvalue weighted by Gasteiger charge is 2.15. The molecular weight excluding hydrogens is 356 g/mol. The van der Waals surface area contributed by atoms with Gasteiger partial charge >= 0.3 is 0 Å². The Bertz CT molecular complexity index is 1000. The molecule has 2 N–H and O–H groups in total. The second kappa shape index (κ2) is 7.42. The maximum absolute atomic E-state index is 12.5. The van der Waals surface area contributed by atoms with E-state index in [9.17, 15) is 13.2 Å². The third-order valence-electron chi connectivity index (χ3n) is 3.43. The average Bonchev–Trinajstić information content (AvgIpc) is 3.17. The lowest BCUT2D eigenvalue weighted by Crippen LogP contribution is -2.23. The zero-order valence-corrected chi connectivity index (χ0v) is 14.6. The van der Waals surface area contributed by atoms with Gasteiger partial charge in [0.1, 0.15) is 12.7 Å². The number of rotatable bonds is 6. The second-order valence-corrected chi connectivity index (χ2v) is 6.96. The van der Waals surface area contributed by atoms with Crippen molar-refractivity contribution in [2.75, 3.05) is 11.9 Å². The van der Waals surface area contributed by atoms with E-state index in [-0.39, 0.29) is 11.4 Å². The Labute approximate surface area is 150 Å². The fourth-order valence-electron chi connectivity index (χ4n) is 2.25. The van der Waals surface area contributed by atoms with Crippen molar-refractivity contribution in [3.8, 4) is 5.82 Å². The third-order valence-corrected chi connectivity index (χ3v) is 4.99. The van der Waals surface area contributed by atoms with Gasteiger partial charge in [0.05, 0.1) is 10.6 Å². The number of amides is 1. The van der Waals surface area contributed by atoms with Crippen molar-refractivity contribution >= 4 is 21.6 Å². The van der Waals surface area contributed by atoms with E-state index in [0.29, 0.717) is 17.1 Å². The molecular formula is C16H16N6O3S. The van der Waals surface area contributed by atoms with Crippen molar-refractivity contribution in [3.05, 3.63) is 60.8 Å². The van der Waals surface area contributed by atoms with Gasteiger partial charge in [-0.2, -0.15) is 5.10 Å². The fraction of sp³-hybridized carbons (Fsp3) is 0.125. The molecule has 0 aliphatic heterocycles. The molecule has 0 aliphatic carbocycles. The Hall–Kier alpha value is -3.11. The van der Waals surface area contributed by atoms with Gasteiger partial charge in [-0.15, -0.1) is 0 Å². The van der Waals surface area contributed by atoms with Crippen LogP contribution in [0, 0.1) is 0 Å². The van der Waals surface area contributed by atoms with Crippen LogP contribution in [0.1, 0.15) is 17.3 Å². The average molecular weight is 372 g/mol. The van der Waals surface area contributed by atoms with Gasteiger partial charge in [0.25, 0.3) is 5.91 Å². The standard InChI is InChI=1S/C16H16N6O3S/c1-2-20-26(24,25)13-7-5-12(6-8-13)16(23)21-14-4-3-9-18-15(14)22-11-17-10-19-22/h3-11,20H,2H2,1H3,(H,21,23). The van der Waals surface area contributed by atoms with E-state index < -0.39 is 15.9 Å². The summed E-state index contributed by atoms with van der Waals surface area (Å²) in [5.74, 6) is 0.0245. The Kier molecular flexibility index (Phi) is 5.05. The lowest BCUT2D eigenvalue weighted by atomic mass is 10.2. The first-order chi connectivity index (χ1) is 12.5. The lowest BCUT2D eigenvalue weighted by Gasteiger charge is -2.10. The number of sulfonamides is 1. The van der Waals surface area contributed by atoms with Gasteiger partial charge in [-0.3, -0.25) is 4.79 Å². The van der Waals surface area contributed by atoms with Crippen LogP contribution in [0.25, 0.3) is 5.82 Å². The van der Waals surface area contributed by atoms with Gasteiger partial charge < -0.3 is 5.32 Å². The zero-order valence-electron chi connectivity index (χ0n) is 13.8. The van der Waals surface area contributed by atoms with E-state index in [1.54, 1.807) is 25.3 Å². The van der Waals surface area contributed by atoms with Gasteiger partial charge in [0, 0.05) is 18.3 Å². The topological polar surface area (TPSA) is 119 Å². The molecule has 2 heterocycles. The molecule has 0 bridgehead atoms. The van der Waals surface area contributed by atoms with Gasteiger partial charge in [-0.1, -0.05) is 6.92 Å². The molecule has 10 heteroatoms. The van der Waals surface area contributed by atoms with E-state index in [2.05, 4.69) is 25.1 Å². The number of nitrogens with one attached hydrogen (secondary N) is 2. The van der Waals surface area contributed by atoms with E-state index in [1.165, 1.54) is 41.6 Å². The summed E-state index contributed by atoms with van der Waals surface area (Å²) in [4.78, 5) is 20.6. The quantitative estimate of drug-likeness (QED) is 0.671. The summed E-state index contributed by atoms with van der Waals surface area (Å²) in [6.07, 6.45) is 4.41. The summed E-state index contributed by atoms with van der Waals surface area (Å²) >= 11 is 0. The number of pyridine rings is 1. The minimum absolute atomic E-state index is 0.0978. The van der Waals surface area contributed by atoms with Crippen molar-refractivity contribution in [3.63, 3.8) is 0 Å². The van der Waals surface area contributed by atoms with Crippen LogP contribution in [0.2, 0.25) is 0 Å². The molecule has 1 amide bonds. The lowest BCUT2D eigenvalue weighted by molar-refractivity contribution is 0.102. The Morgan fingerprint density at radius 3 is 2.62 bits per heavy atom. The highest BCUT2D eigenvalue weighted by atomic mass is 32.2. The summed E-state index contributed by atoms with van der Waals surface area (Å²) in [7, 11) is -3.56. The molecule has 1 aromatic carbocycles. The highest BCUT2D eigenvalue weighted by molar-refractivity contribution is 7.89. The van der Waals surface area contributed by atoms with Crippen LogP contribution in [0.3, 0.4) is 0 Å². The van der Waals surface area contributed by atoms with Gasteiger partial charge in [-0.25, -0.2) is 27.8 Å². The highest BCUT2D eigenvalue weighted by Crippen LogP contribution is 2.18. The van der Waals surface area contributed by atoms with Crippen molar-refractivity contribution in [1.29, 1.82) is 0 Å². The molecule has 0 saturated carbocycles. The Balaban J connectivity index is 1.82. The SMILES string of the molecule is CCNS(=O)(=O)c1ccc(C(=O)Nc2cccnc2-n2cncn2)cc1. The molecule has 0 radical (unpaired) electrons. The largest absolute Gasteiger partial charge is 0.319 e. The Morgan fingerprint density at radius 1 is 1.19 bits per heavy atom. The first kappa shape index (κ1) is 17.7. The first-order valence-electron chi connectivity index (χ1n) is 7.72. The van der Waals surface area contributed by atoms with E-state index in [4.69, 9.17) is 0 Å². The van der Waals surface area contributed by atoms with Crippen LogP contribution in [0.5, 0.6) is 0 Å². The molecule has 134 valence electrons. The summed E-state index contributed by atoms with van der Waals surface area (Å²) in [5.41, 5.74) is 0.765. The van der Waals surface area contributed by atoms with Crippen LogP contribution >= 0.6 is 0 Å². The van der Waals surface area contributed by atoms with Crippen molar-refractivity contribution in [2.24, 2.45) is 0 Å². The monoisotopic (exact) mass is 372 g/mol. The molecule has 0 atom stereocenters. The molecule has 3 rings (SSSR count). The molecule has 9 nitrogen and oxygen atoms in total. The summed E-state index contributed by atoms with van der Waals surface area (Å²) in [5, 5.41) is 6.74. The van der Waals surface area contributed by atoms with Crippen molar-refractivity contribution < 1.29 is 13.2 Å². The first-order valence-corrected chi connectivity index (χ1v) is 9.20. The van der Waals surface area contributed by atoms with Gasteiger partial charge in [0.2, 0.25) is 10.0 Å². The maximum Gasteiger partial charge on any atom is 0.255 e. The van der Waals surface area contributed by atoms with Gasteiger partial charge in [-0.05, 0) is 36.4 Å². The van der Waals surface area contributed by atoms with Crippen LogP contribution in [-0.4, -0.2) is 40.6 Å². The minimum atomic E-state index is -3.56. The number of carbonyl (C=O) groups excluding carboxylic acids is 1. The predicted octanol–water partition coefficient (Wildman–Crippen LogP) is 1.21. The molecule has 0 fully saturated rings. The number of carbonyl (C=O) groups is 1. The molecule has 2 aromatic heterocycles. The number of aromatic nitrogens is 4. The zero-order chi connectivity index (χ0) is 18.6. The van der Waals surface area contributed by atoms with Crippen LogP contribution < -0.4 is 10.0 Å². The number of hydrogen-bond donors (Lipinski definition) is 2. The molecule has 26 heavy (non-hydrogen) atoms. The van der Waals surface area contributed by atoms with Gasteiger partial charge in [0.15, 0.2) is 5.82 Å².